The Morgan fingerprint density at radius 3 is 3.12 bits per heavy atom. The molecule has 2 rings (SSSR count). The normalized spacial score (nSPS) is 10.9. The van der Waals surface area contributed by atoms with Gasteiger partial charge in [0.25, 0.3) is 0 Å². The number of thiazole rings is 1. The van der Waals surface area contributed by atoms with Crippen molar-refractivity contribution in [1.29, 1.82) is 0 Å². The summed E-state index contributed by atoms with van der Waals surface area (Å²) in [5, 5.41) is 11.7. The molecule has 0 saturated heterocycles. The topological polar surface area (TPSA) is 80.4 Å². The molecular formula is C11H15N3O2S. The highest BCUT2D eigenvalue weighted by Gasteiger charge is 2.05. The molecule has 0 aliphatic rings. The lowest BCUT2D eigenvalue weighted by Crippen LogP contribution is -2.12. The van der Waals surface area contributed by atoms with E-state index in [-0.39, 0.29) is 6.61 Å². The van der Waals surface area contributed by atoms with Crippen molar-refractivity contribution in [3.8, 4) is 0 Å². The van der Waals surface area contributed by atoms with Crippen molar-refractivity contribution in [3.05, 3.63) is 17.6 Å². The van der Waals surface area contributed by atoms with Gasteiger partial charge in [-0.3, -0.25) is 0 Å². The number of rotatable bonds is 6. The zero-order chi connectivity index (χ0) is 12.1. The van der Waals surface area contributed by atoms with Gasteiger partial charge in [0.1, 0.15) is 5.52 Å². The maximum atomic E-state index is 8.55. The number of nitrogens with two attached hydrogens (primary N) is 1. The number of benzene rings is 1. The average molecular weight is 253 g/mol. The number of aliphatic hydroxyl groups excluding tert-OH is 1. The minimum absolute atomic E-state index is 0.0485. The van der Waals surface area contributed by atoms with Gasteiger partial charge in [0.05, 0.1) is 41.4 Å². The third kappa shape index (κ3) is 2.85. The van der Waals surface area contributed by atoms with Crippen molar-refractivity contribution in [3.63, 3.8) is 0 Å². The summed E-state index contributed by atoms with van der Waals surface area (Å²) in [5.74, 6) is 0. The molecule has 0 bridgehead atoms. The minimum atomic E-state index is 0.0485. The molecule has 92 valence electrons. The fourth-order valence-corrected chi connectivity index (χ4v) is 2.22. The van der Waals surface area contributed by atoms with E-state index in [1.165, 1.54) is 0 Å². The summed E-state index contributed by atoms with van der Waals surface area (Å²) in [5.41, 5.74) is 10.2. The predicted molar refractivity (Wildman–Crippen MR) is 70.4 cm³/mol. The van der Waals surface area contributed by atoms with E-state index in [1.807, 2.05) is 12.1 Å². The van der Waals surface area contributed by atoms with Crippen molar-refractivity contribution >= 4 is 32.9 Å². The first kappa shape index (κ1) is 12.1. The third-order valence-corrected chi connectivity index (χ3v) is 3.13. The number of hydrogen-bond acceptors (Lipinski definition) is 6. The second-order valence-electron chi connectivity index (χ2n) is 3.49. The summed E-state index contributed by atoms with van der Waals surface area (Å²) in [6.45, 7) is 1.60. The Bertz CT molecular complexity index is 487. The van der Waals surface area contributed by atoms with Crippen LogP contribution in [0.2, 0.25) is 0 Å². The lowest BCUT2D eigenvalue weighted by Gasteiger charge is -2.09. The first-order valence-electron chi connectivity index (χ1n) is 5.37. The molecule has 0 radical (unpaired) electrons. The van der Waals surface area contributed by atoms with Crippen LogP contribution in [0.4, 0.5) is 11.4 Å². The van der Waals surface area contributed by atoms with E-state index >= 15 is 0 Å². The largest absolute Gasteiger partial charge is 0.395 e. The van der Waals surface area contributed by atoms with Gasteiger partial charge in [0.15, 0.2) is 0 Å². The van der Waals surface area contributed by atoms with Gasteiger partial charge < -0.3 is 20.9 Å². The van der Waals surface area contributed by atoms with Gasteiger partial charge in [-0.05, 0) is 12.1 Å². The van der Waals surface area contributed by atoms with Crippen molar-refractivity contribution in [2.45, 2.75) is 0 Å². The van der Waals surface area contributed by atoms with Crippen LogP contribution in [0.15, 0.2) is 17.6 Å². The molecule has 1 aromatic heterocycles. The van der Waals surface area contributed by atoms with E-state index in [0.717, 1.165) is 15.9 Å². The SMILES string of the molecule is Nc1c(NCCOCCO)ccc2scnc12. The second-order valence-corrected chi connectivity index (χ2v) is 4.38. The van der Waals surface area contributed by atoms with E-state index in [0.29, 0.717) is 25.4 Å². The zero-order valence-corrected chi connectivity index (χ0v) is 10.2. The smallest absolute Gasteiger partial charge is 0.106 e. The van der Waals surface area contributed by atoms with Gasteiger partial charge in [-0.15, -0.1) is 11.3 Å². The fourth-order valence-electron chi connectivity index (χ4n) is 1.53. The zero-order valence-electron chi connectivity index (χ0n) is 9.35. The average Bonchev–Trinajstić information content (AvgIpc) is 2.80. The molecule has 5 nitrogen and oxygen atoms in total. The number of anilines is 2. The van der Waals surface area contributed by atoms with Gasteiger partial charge in [-0.1, -0.05) is 0 Å². The number of nitrogens with zero attached hydrogens (tertiary/aromatic N) is 1. The molecule has 6 heteroatoms. The van der Waals surface area contributed by atoms with Crippen LogP contribution in [0.25, 0.3) is 10.2 Å². The Morgan fingerprint density at radius 2 is 2.29 bits per heavy atom. The number of ether oxygens (including phenoxy) is 1. The van der Waals surface area contributed by atoms with Gasteiger partial charge in [-0.2, -0.15) is 0 Å². The Balaban J connectivity index is 1.96. The summed E-state index contributed by atoms with van der Waals surface area (Å²) in [6.07, 6.45) is 0. The highest BCUT2D eigenvalue weighted by Crippen LogP contribution is 2.29. The second kappa shape index (κ2) is 5.81. The van der Waals surface area contributed by atoms with E-state index in [1.54, 1.807) is 16.8 Å². The monoisotopic (exact) mass is 253 g/mol. The summed E-state index contributed by atoms with van der Waals surface area (Å²) in [7, 11) is 0. The van der Waals surface area contributed by atoms with Gasteiger partial charge in [0, 0.05) is 6.54 Å². The van der Waals surface area contributed by atoms with Crippen molar-refractivity contribution < 1.29 is 9.84 Å². The van der Waals surface area contributed by atoms with E-state index in [9.17, 15) is 0 Å². The van der Waals surface area contributed by atoms with Crippen LogP contribution in [-0.4, -0.2) is 36.5 Å². The number of aromatic nitrogens is 1. The molecule has 0 aliphatic carbocycles. The highest BCUT2D eigenvalue weighted by molar-refractivity contribution is 7.16. The molecule has 1 heterocycles. The number of nitrogens with one attached hydrogen (secondary N) is 1. The first-order chi connectivity index (χ1) is 8.33. The molecule has 0 saturated carbocycles. The highest BCUT2D eigenvalue weighted by atomic mass is 32.1. The molecule has 4 N–H and O–H groups in total. The third-order valence-electron chi connectivity index (χ3n) is 2.34. The van der Waals surface area contributed by atoms with Gasteiger partial charge in [0.2, 0.25) is 0 Å². The van der Waals surface area contributed by atoms with Crippen LogP contribution in [0.1, 0.15) is 0 Å². The van der Waals surface area contributed by atoms with Gasteiger partial charge >= 0.3 is 0 Å². The maximum absolute atomic E-state index is 8.55. The Labute approximate surface area is 103 Å². The Hall–Kier alpha value is -1.37. The summed E-state index contributed by atoms with van der Waals surface area (Å²) < 4.78 is 6.24. The van der Waals surface area contributed by atoms with Crippen molar-refractivity contribution in [2.24, 2.45) is 0 Å². The molecule has 0 spiro atoms. The van der Waals surface area contributed by atoms with Crippen molar-refractivity contribution in [1.82, 2.24) is 4.98 Å². The van der Waals surface area contributed by atoms with Crippen LogP contribution in [-0.2, 0) is 4.74 Å². The van der Waals surface area contributed by atoms with E-state index in [4.69, 9.17) is 15.6 Å². The standard InChI is InChI=1S/C11H15N3O2S/c12-10-8(13-3-5-16-6-4-15)1-2-9-11(10)14-7-17-9/h1-2,7,13,15H,3-6,12H2. The van der Waals surface area contributed by atoms with Crippen LogP contribution in [0.3, 0.4) is 0 Å². The number of fused-ring (bicyclic) bond motifs is 1. The molecular weight excluding hydrogens is 238 g/mol. The molecule has 0 amide bonds. The Kier molecular flexibility index (Phi) is 4.13. The quantitative estimate of drug-likeness (QED) is 0.534. The maximum Gasteiger partial charge on any atom is 0.106 e. The summed E-state index contributed by atoms with van der Waals surface area (Å²) in [4.78, 5) is 4.23. The molecule has 0 atom stereocenters. The fraction of sp³-hybridized carbons (Fsp3) is 0.364. The number of hydrogen-bond donors (Lipinski definition) is 3. The molecule has 17 heavy (non-hydrogen) atoms. The van der Waals surface area contributed by atoms with Crippen LogP contribution >= 0.6 is 11.3 Å². The van der Waals surface area contributed by atoms with E-state index in [2.05, 4.69) is 10.3 Å². The predicted octanol–water partition coefficient (Wildman–Crippen LogP) is 1.30. The lowest BCUT2D eigenvalue weighted by atomic mass is 10.2. The van der Waals surface area contributed by atoms with Crippen molar-refractivity contribution in [2.75, 3.05) is 37.4 Å². The first-order valence-corrected chi connectivity index (χ1v) is 6.25. The molecule has 0 fully saturated rings. The summed E-state index contributed by atoms with van der Waals surface area (Å²) >= 11 is 1.57. The molecule has 0 unspecified atom stereocenters. The molecule has 2 aromatic rings. The van der Waals surface area contributed by atoms with E-state index < -0.39 is 0 Å². The summed E-state index contributed by atoms with van der Waals surface area (Å²) in [6, 6.07) is 3.95. The van der Waals surface area contributed by atoms with Crippen LogP contribution < -0.4 is 11.1 Å². The minimum Gasteiger partial charge on any atom is -0.395 e. The van der Waals surface area contributed by atoms with Crippen LogP contribution in [0.5, 0.6) is 0 Å². The number of nitrogen functional groups attached to an aromatic ring is 1. The molecule has 1 aromatic carbocycles. The van der Waals surface area contributed by atoms with Gasteiger partial charge in [-0.25, -0.2) is 4.98 Å². The molecule has 0 aliphatic heterocycles. The number of aliphatic hydroxyl groups is 1. The Morgan fingerprint density at radius 1 is 1.41 bits per heavy atom. The van der Waals surface area contributed by atoms with Crippen LogP contribution in [0, 0.1) is 0 Å². The lowest BCUT2D eigenvalue weighted by molar-refractivity contribution is 0.0992.